The molecule has 0 atom stereocenters. The van der Waals surface area contributed by atoms with Crippen LogP contribution in [-0.4, -0.2) is 37.2 Å². The number of carbonyl (C=O) groups excluding carboxylic acids is 1. The second-order valence-electron chi connectivity index (χ2n) is 5.28. The van der Waals surface area contributed by atoms with Crippen molar-refractivity contribution in [3.8, 4) is 6.07 Å². The summed E-state index contributed by atoms with van der Waals surface area (Å²) in [5.41, 5.74) is 3.65. The minimum atomic E-state index is -3.88. The lowest BCUT2D eigenvalue weighted by molar-refractivity contribution is -0.132. The van der Waals surface area contributed by atoms with Crippen molar-refractivity contribution in [2.45, 2.75) is 18.7 Å². The third kappa shape index (κ3) is 5.23. The number of carbonyl (C=O) groups is 1. The molecule has 2 rings (SSSR count). The lowest BCUT2D eigenvalue weighted by atomic mass is 10.3. The Balaban J connectivity index is 2.17. The summed E-state index contributed by atoms with van der Waals surface area (Å²) < 4.78 is 31.6. The van der Waals surface area contributed by atoms with Crippen LogP contribution in [0, 0.1) is 25.2 Å². The van der Waals surface area contributed by atoms with Gasteiger partial charge in [-0.15, -0.1) is 0 Å². The Kier molecular flexibility index (Phi) is 6.04. The smallest absolute Gasteiger partial charge is 0.369 e. The molecule has 140 valence electrons. The van der Waals surface area contributed by atoms with Crippen molar-refractivity contribution in [2.75, 3.05) is 17.3 Å². The van der Waals surface area contributed by atoms with Crippen molar-refractivity contribution in [1.82, 2.24) is 9.97 Å². The van der Waals surface area contributed by atoms with E-state index in [0.29, 0.717) is 17.1 Å². The quantitative estimate of drug-likeness (QED) is 0.428. The number of rotatable bonds is 6. The normalized spacial score (nSPS) is 11.4. The average molecular weight is 388 g/mol. The zero-order valence-electron chi connectivity index (χ0n) is 14.7. The topological polar surface area (TPSA) is 146 Å². The SMILES string of the molecule is COC(=O)/C(C#N)=N/Nc1ccc(S(=O)(=O)Nc2nc(C)cc(C)n2)cc1. The van der Waals surface area contributed by atoms with E-state index < -0.39 is 21.7 Å². The van der Waals surface area contributed by atoms with Gasteiger partial charge in [0.1, 0.15) is 6.07 Å². The molecule has 27 heavy (non-hydrogen) atoms. The van der Waals surface area contributed by atoms with E-state index in [1.165, 1.54) is 24.3 Å². The van der Waals surface area contributed by atoms with E-state index in [1.807, 2.05) is 0 Å². The third-order valence-corrected chi connectivity index (χ3v) is 4.50. The Hall–Kier alpha value is -3.52. The van der Waals surface area contributed by atoms with Crippen molar-refractivity contribution in [2.24, 2.45) is 5.10 Å². The highest BCUT2D eigenvalue weighted by Gasteiger charge is 2.16. The lowest BCUT2D eigenvalue weighted by Gasteiger charge is -2.08. The summed E-state index contributed by atoms with van der Waals surface area (Å²) in [4.78, 5) is 19.3. The van der Waals surface area contributed by atoms with Crippen molar-refractivity contribution < 1.29 is 17.9 Å². The number of nitrogens with one attached hydrogen (secondary N) is 2. The van der Waals surface area contributed by atoms with Crippen LogP contribution in [0.5, 0.6) is 0 Å². The van der Waals surface area contributed by atoms with E-state index in [1.54, 1.807) is 26.0 Å². The summed E-state index contributed by atoms with van der Waals surface area (Å²) in [6, 6.07) is 8.81. The van der Waals surface area contributed by atoms with E-state index in [2.05, 4.69) is 30.0 Å². The molecule has 0 fully saturated rings. The number of aryl methyl sites for hydroxylation is 2. The van der Waals surface area contributed by atoms with Gasteiger partial charge in [-0.05, 0) is 44.2 Å². The minimum absolute atomic E-state index is 0.0176. The van der Waals surface area contributed by atoms with Crippen LogP contribution in [0.15, 0.2) is 40.3 Å². The molecule has 1 aromatic carbocycles. The standard InChI is InChI=1S/C16H16N6O4S/c1-10-8-11(2)19-16(18-10)22-27(24,25)13-6-4-12(5-7-13)20-21-14(9-17)15(23)26-3/h4-8,20H,1-3H3,(H,18,19,22)/b21-14+. The van der Waals surface area contributed by atoms with E-state index in [4.69, 9.17) is 5.26 Å². The molecule has 0 amide bonds. The molecule has 10 nitrogen and oxygen atoms in total. The average Bonchev–Trinajstić information content (AvgIpc) is 2.61. The number of ether oxygens (including phenoxy) is 1. The number of hydrogen-bond donors (Lipinski definition) is 2. The molecule has 0 aliphatic carbocycles. The van der Waals surface area contributed by atoms with Gasteiger partial charge >= 0.3 is 5.97 Å². The summed E-state index contributed by atoms with van der Waals surface area (Å²) in [6.45, 7) is 3.47. The first-order valence-corrected chi connectivity index (χ1v) is 9.01. The van der Waals surface area contributed by atoms with Gasteiger partial charge < -0.3 is 4.74 Å². The van der Waals surface area contributed by atoms with Gasteiger partial charge in [-0.25, -0.2) is 27.9 Å². The fourth-order valence-corrected chi connectivity index (χ4v) is 2.94. The second-order valence-corrected chi connectivity index (χ2v) is 6.96. The maximum Gasteiger partial charge on any atom is 0.369 e. The van der Waals surface area contributed by atoms with Gasteiger partial charge in [0, 0.05) is 11.4 Å². The van der Waals surface area contributed by atoms with Crippen LogP contribution < -0.4 is 10.1 Å². The fourth-order valence-electron chi connectivity index (χ4n) is 1.99. The van der Waals surface area contributed by atoms with Crippen LogP contribution in [0.2, 0.25) is 0 Å². The number of hydrazone groups is 1. The molecular formula is C16H16N6O4S. The Morgan fingerprint density at radius 1 is 1.19 bits per heavy atom. The molecular weight excluding hydrogens is 372 g/mol. The highest BCUT2D eigenvalue weighted by atomic mass is 32.2. The van der Waals surface area contributed by atoms with Crippen molar-refractivity contribution in [3.05, 3.63) is 41.7 Å². The van der Waals surface area contributed by atoms with Gasteiger partial charge in [0.25, 0.3) is 10.0 Å². The highest BCUT2D eigenvalue weighted by Crippen LogP contribution is 2.17. The zero-order valence-corrected chi connectivity index (χ0v) is 15.5. The molecule has 0 saturated carbocycles. The molecule has 0 radical (unpaired) electrons. The van der Waals surface area contributed by atoms with Gasteiger partial charge in [-0.3, -0.25) is 5.43 Å². The molecule has 0 spiro atoms. The Morgan fingerprint density at radius 2 is 1.78 bits per heavy atom. The number of esters is 1. The summed E-state index contributed by atoms with van der Waals surface area (Å²) in [7, 11) is -2.76. The number of benzene rings is 1. The van der Waals surface area contributed by atoms with E-state index >= 15 is 0 Å². The number of nitriles is 1. The molecule has 0 aliphatic heterocycles. The predicted molar refractivity (Wildman–Crippen MR) is 97.4 cm³/mol. The molecule has 1 heterocycles. The van der Waals surface area contributed by atoms with Crippen LogP contribution >= 0.6 is 0 Å². The van der Waals surface area contributed by atoms with Gasteiger partial charge in [-0.1, -0.05) is 0 Å². The Labute approximate surface area is 156 Å². The van der Waals surface area contributed by atoms with Crippen molar-refractivity contribution >= 4 is 33.3 Å². The zero-order chi connectivity index (χ0) is 20.0. The Morgan fingerprint density at radius 3 is 2.30 bits per heavy atom. The van der Waals surface area contributed by atoms with Crippen LogP contribution in [0.25, 0.3) is 0 Å². The maximum absolute atomic E-state index is 12.4. The number of aromatic nitrogens is 2. The van der Waals surface area contributed by atoms with Crippen molar-refractivity contribution in [3.63, 3.8) is 0 Å². The maximum atomic E-state index is 12.4. The fraction of sp³-hybridized carbons (Fsp3) is 0.188. The number of methoxy groups -OCH3 is 1. The van der Waals surface area contributed by atoms with Crippen LogP contribution in [0.3, 0.4) is 0 Å². The predicted octanol–water partition coefficient (Wildman–Crippen LogP) is 1.36. The van der Waals surface area contributed by atoms with Gasteiger partial charge in [-0.2, -0.15) is 10.4 Å². The molecule has 11 heteroatoms. The lowest BCUT2D eigenvalue weighted by Crippen LogP contribution is -2.16. The molecule has 2 aromatic rings. The largest absolute Gasteiger partial charge is 0.464 e. The van der Waals surface area contributed by atoms with Gasteiger partial charge in [0.2, 0.25) is 11.7 Å². The first-order valence-electron chi connectivity index (χ1n) is 7.52. The van der Waals surface area contributed by atoms with Gasteiger partial charge in [0.05, 0.1) is 17.7 Å². The van der Waals surface area contributed by atoms with E-state index in [0.717, 1.165) is 7.11 Å². The van der Waals surface area contributed by atoms with Crippen LogP contribution in [0.4, 0.5) is 11.6 Å². The molecule has 2 N–H and O–H groups in total. The molecule has 0 aliphatic rings. The highest BCUT2D eigenvalue weighted by molar-refractivity contribution is 7.92. The van der Waals surface area contributed by atoms with Crippen LogP contribution in [-0.2, 0) is 19.6 Å². The summed E-state index contributed by atoms with van der Waals surface area (Å²) in [5.74, 6) is -0.905. The second kappa shape index (κ2) is 8.24. The Bertz CT molecular complexity index is 1010. The summed E-state index contributed by atoms with van der Waals surface area (Å²) in [5, 5.41) is 12.4. The van der Waals surface area contributed by atoms with Crippen LogP contribution in [0.1, 0.15) is 11.4 Å². The molecule has 0 bridgehead atoms. The third-order valence-electron chi connectivity index (χ3n) is 3.15. The van der Waals surface area contributed by atoms with Gasteiger partial charge in [0.15, 0.2) is 0 Å². The van der Waals surface area contributed by atoms with Crippen molar-refractivity contribution in [1.29, 1.82) is 5.26 Å². The van der Waals surface area contributed by atoms with E-state index in [-0.39, 0.29) is 10.8 Å². The number of hydrogen-bond acceptors (Lipinski definition) is 9. The molecule has 0 saturated heterocycles. The minimum Gasteiger partial charge on any atom is -0.464 e. The number of nitrogens with zero attached hydrogens (tertiary/aromatic N) is 4. The number of anilines is 2. The van der Waals surface area contributed by atoms with E-state index in [9.17, 15) is 13.2 Å². The monoisotopic (exact) mass is 388 g/mol. The molecule has 0 unspecified atom stereocenters. The molecule has 1 aromatic heterocycles. The first kappa shape index (κ1) is 19.8. The number of sulfonamides is 1. The summed E-state index contributed by atoms with van der Waals surface area (Å²) >= 11 is 0. The summed E-state index contributed by atoms with van der Waals surface area (Å²) in [6.07, 6.45) is 0. The first-order chi connectivity index (χ1) is 12.7.